The van der Waals surface area contributed by atoms with E-state index >= 15 is 0 Å². The van der Waals surface area contributed by atoms with Gasteiger partial charge in [-0.05, 0) is 30.0 Å². The predicted octanol–water partition coefficient (Wildman–Crippen LogP) is 1.17. The second-order valence-electron chi connectivity index (χ2n) is 7.14. The Labute approximate surface area is 150 Å². The fourth-order valence-corrected chi connectivity index (χ4v) is 3.99. The van der Waals surface area contributed by atoms with Crippen molar-refractivity contribution in [2.45, 2.75) is 13.0 Å². The van der Waals surface area contributed by atoms with Crippen LogP contribution >= 0.6 is 0 Å². The average molecular weight is 361 g/mol. The number of nitrogens with zero attached hydrogens (tertiary/aromatic N) is 2. The Hall–Kier alpha value is -2.64. The Morgan fingerprint density at radius 1 is 1.35 bits per heavy atom. The second kappa shape index (κ2) is 6.26. The summed E-state index contributed by atoms with van der Waals surface area (Å²) in [4.78, 5) is 37.2. The number of benzene rings is 1. The summed E-state index contributed by atoms with van der Waals surface area (Å²) in [7, 11) is 0. The van der Waals surface area contributed by atoms with Crippen LogP contribution in [-0.2, 0) is 14.3 Å². The molecule has 3 aliphatic rings. The van der Waals surface area contributed by atoms with Crippen LogP contribution in [0, 0.1) is 23.6 Å². The molecule has 4 rings (SSSR count). The van der Waals surface area contributed by atoms with E-state index in [2.05, 4.69) is 5.32 Å². The number of halogens is 1. The lowest BCUT2D eigenvalue weighted by molar-refractivity contribution is -0.119. The van der Waals surface area contributed by atoms with Gasteiger partial charge in [0.15, 0.2) is 0 Å². The molecule has 1 aliphatic carbocycles. The third-order valence-electron chi connectivity index (χ3n) is 5.45. The molecule has 3 fully saturated rings. The number of nitrogens with one attached hydrogen (secondary N) is 1. The highest BCUT2D eigenvalue weighted by molar-refractivity contribution is 5.90. The first-order chi connectivity index (χ1) is 12.5. The number of piperidine rings is 1. The molecule has 2 heterocycles. The van der Waals surface area contributed by atoms with Crippen molar-refractivity contribution in [3.63, 3.8) is 0 Å². The van der Waals surface area contributed by atoms with E-state index in [9.17, 15) is 18.8 Å². The number of carbonyl (C=O) groups excluding carboxylic acids is 3. The molecule has 1 aromatic rings. The van der Waals surface area contributed by atoms with Crippen LogP contribution in [0.3, 0.4) is 0 Å². The zero-order chi connectivity index (χ0) is 18.4. The van der Waals surface area contributed by atoms with Crippen LogP contribution in [0.1, 0.15) is 6.92 Å². The maximum Gasteiger partial charge on any atom is 0.414 e. The van der Waals surface area contributed by atoms with Gasteiger partial charge in [0.25, 0.3) is 0 Å². The molecule has 2 saturated heterocycles. The van der Waals surface area contributed by atoms with Gasteiger partial charge in [-0.15, -0.1) is 0 Å². The Morgan fingerprint density at radius 2 is 2.08 bits per heavy atom. The van der Waals surface area contributed by atoms with Crippen molar-refractivity contribution in [2.75, 3.05) is 36.0 Å². The lowest BCUT2D eigenvalue weighted by Crippen LogP contribution is -2.33. The molecule has 1 N–H and O–H groups in total. The van der Waals surface area contributed by atoms with Crippen molar-refractivity contribution >= 4 is 29.7 Å². The smallest absolute Gasteiger partial charge is 0.414 e. The Balaban J connectivity index is 1.42. The average Bonchev–Trinajstić information content (AvgIpc) is 2.93. The summed E-state index contributed by atoms with van der Waals surface area (Å²) in [5.74, 6) is 0.220. The number of rotatable bonds is 5. The summed E-state index contributed by atoms with van der Waals surface area (Å²) in [5.41, 5.74) is 0.921. The van der Waals surface area contributed by atoms with E-state index in [0.717, 1.165) is 6.29 Å². The Morgan fingerprint density at radius 3 is 2.69 bits per heavy atom. The van der Waals surface area contributed by atoms with Crippen LogP contribution in [0.4, 0.5) is 20.6 Å². The topological polar surface area (TPSA) is 79.0 Å². The Bertz CT molecular complexity index is 759. The number of carbonyl (C=O) groups is 3. The first-order valence-electron chi connectivity index (χ1n) is 8.70. The van der Waals surface area contributed by atoms with Crippen LogP contribution in [-0.4, -0.2) is 50.6 Å². The van der Waals surface area contributed by atoms with Crippen molar-refractivity contribution in [1.82, 2.24) is 5.32 Å². The summed E-state index contributed by atoms with van der Waals surface area (Å²) in [6.07, 6.45) is -0.00785. The van der Waals surface area contributed by atoms with Gasteiger partial charge in [0.1, 0.15) is 18.2 Å². The van der Waals surface area contributed by atoms with Gasteiger partial charge in [0.2, 0.25) is 5.91 Å². The zero-order valence-electron chi connectivity index (χ0n) is 14.4. The summed E-state index contributed by atoms with van der Waals surface area (Å²) < 4.78 is 19.8. The number of ether oxygens (including phenoxy) is 1. The van der Waals surface area contributed by atoms with Crippen LogP contribution in [0.2, 0.25) is 0 Å². The third kappa shape index (κ3) is 2.89. The number of amides is 2. The molecule has 1 saturated carbocycles. The largest absolute Gasteiger partial charge is 0.442 e. The van der Waals surface area contributed by atoms with Crippen molar-refractivity contribution in [3.05, 3.63) is 24.0 Å². The van der Waals surface area contributed by atoms with Gasteiger partial charge in [-0.25, -0.2) is 9.18 Å². The molecule has 2 unspecified atom stereocenters. The van der Waals surface area contributed by atoms with Gasteiger partial charge < -0.3 is 19.7 Å². The van der Waals surface area contributed by atoms with Crippen molar-refractivity contribution in [3.8, 4) is 0 Å². The molecule has 7 nitrogen and oxygen atoms in total. The second-order valence-corrected chi connectivity index (χ2v) is 7.14. The Kier molecular flexibility index (Phi) is 4.05. The van der Waals surface area contributed by atoms with E-state index in [-0.39, 0.29) is 24.9 Å². The molecule has 0 aromatic heterocycles. The van der Waals surface area contributed by atoms with Crippen LogP contribution in [0.5, 0.6) is 0 Å². The molecule has 3 atom stereocenters. The molecule has 138 valence electrons. The van der Waals surface area contributed by atoms with Crippen molar-refractivity contribution in [1.29, 1.82) is 0 Å². The maximum absolute atomic E-state index is 14.6. The first kappa shape index (κ1) is 16.8. The van der Waals surface area contributed by atoms with E-state index in [0.29, 0.717) is 36.3 Å². The zero-order valence-corrected chi connectivity index (χ0v) is 14.4. The molecular formula is C18H20FN3O4. The first-order valence-corrected chi connectivity index (χ1v) is 8.70. The summed E-state index contributed by atoms with van der Waals surface area (Å²) >= 11 is 0. The normalized spacial score (nSPS) is 29.4. The molecule has 2 aliphatic heterocycles. The predicted molar refractivity (Wildman–Crippen MR) is 91.4 cm³/mol. The van der Waals surface area contributed by atoms with Crippen molar-refractivity contribution < 1.29 is 23.5 Å². The molecule has 8 heteroatoms. The number of anilines is 2. The highest BCUT2D eigenvalue weighted by Crippen LogP contribution is 2.51. The van der Waals surface area contributed by atoms with E-state index in [1.165, 1.54) is 17.9 Å². The summed E-state index contributed by atoms with van der Waals surface area (Å²) in [6.45, 7) is 3.26. The number of aldehydes is 1. The van der Waals surface area contributed by atoms with Gasteiger partial charge in [-0.3, -0.25) is 9.69 Å². The minimum atomic E-state index is -0.552. The lowest BCUT2D eigenvalue weighted by atomic mass is 10.2. The molecular weight excluding hydrogens is 341 g/mol. The van der Waals surface area contributed by atoms with Gasteiger partial charge in [-0.2, -0.15) is 0 Å². The van der Waals surface area contributed by atoms with Crippen LogP contribution < -0.4 is 15.1 Å². The van der Waals surface area contributed by atoms with Gasteiger partial charge in [-0.1, -0.05) is 0 Å². The monoisotopic (exact) mass is 361 g/mol. The van der Waals surface area contributed by atoms with Gasteiger partial charge in [0, 0.05) is 25.9 Å². The number of hydrogen-bond acceptors (Lipinski definition) is 5. The van der Waals surface area contributed by atoms with E-state index < -0.39 is 18.0 Å². The molecule has 26 heavy (non-hydrogen) atoms. The number of hydrogen-bond donors (Lipinski definition) is 1. The van der Waals surface area contributed by atoms with Crippen LogP contribution in [0.15, 0.2) is 18.2 Å². The van der Waals surface area contributed by atoms with Crippen LogP contribution in [0.25, 0.3) is 0 Å². The molecule has 0 radical (unpaired) electrons. The van der Waals surface area contributed by atoms with E-state index in [1.54, 1.807) is 12.1 Å². The van der Waals surface area contributed by atoms with E-state index in [1.807, 2.05) is 4.90 Å². The third-order valence-corrected chi connectivity index (χ3v) is 5.45. The standard InChI is InChI=1S/C18H20FN3O4/c1-10(24)20-5-12-6-22(18(25)26-12)11-2-3-17(16(19)4-11)21-7-13-14(8-21)15(13)9-23/h2-4,9,12-15H,5-8H2,1H3,(H,20,24)/t12-,13?,14?,15?/m0/s1. The number of cyclic esters (lactones) is 1. The number of fused-ring (bicyclic) bond motifs is 1. The van der Waals surface area contributed by atoms with Gasteiger partial charge in [0.05, 0.1) is 24.5 Å². The molecule has 0 bridgehead atoms. The molecule has 2 amide bonds. The summed E-state index contributed by atoms with van der Waals surface area (Å²) in [5, 5.41) is 2.61. The minimum Gasteiger partial charge on any atom is -0.442 e. The lowest BCUT2D eigenvalue weighted by Gasteiger charge is -2.23. The minimum absolute atomic E-state index is 0.133. The maximum atomic E-state index is 14.6. The quantitative estimate of drug-likeness (QED) is 0.797. The van der Waals surface area contributed by atoms with Crippen molar-refractivity contribution in [2.24, 2.45) is 17.8 Å². The summed E-state index contributed by atoms with van der Waals surface area (Å²) in [6, 6.07) is 4.69. The fourth-order valence-electron chi connectivity index (χ4n) is 3.99. The molecule has 1 aromatic carbocycles. The van der Waals surface area contributed by atoms with Gasteiger partial charge >= 0.3 is 6.09 Å². The van der Waals surface area contributed by atoms with E-state index in [4.69, 9.17) is 4.74 Å². The fraction of sp³-hybridized carbons (Fsp3) is 0.500. The highest BCUT2D eigenvalue weighted by Gasteiger charge is 2.55. The highest BCUT2D eigenvalue weighted by atomic mass is 19.1. The SMILES string of the molecule is CC(=O)NC[C@H]1CN(c2ccc(N3CC4C(C=O)C4C3)c(F)c2)C(=O)O1. The molecule has 0 spiro atoms.